The third-order valence-electron chi connectivity index (χ3n) is 3.28. The van der Waals surface area contributed by atoms with Gasteiger partial charge in [-0.05, 0) is 38.0 Å². The molecule has 116 valence electrons. The molecule has 1 saturated heterocycles. The largest absolute Gasteiger partial charge is 0.378 e. The lowest BCUT2D eigenvalue weighted by atomic mass is 10.0. The van der Waals surface area contributed by atoms with Crippen LogP contribution in [-0.2, 0) is 13.8 Å². The molecular formula is C13H15ClFNO4S. The predicted octanol–water partition coefficient (Wildman–Crippen LogP) is 2.05. The molecule has 8 heteroatoms. The molecule has 1 amide bonds. The molecule has 2 unspecified atom stereocenters. The number of carbonyl (C=O) groups excluding carboxylic acids is 1. The van der Waals surface area contributed by atoms with E-state index in [1.54, 1.807) is 0 Å². The second kappa shape index (κ2) is 6.29. The predicted molar refractivity (Wildman–Crippen MR) is 75.3 cm³/mol. The molecule has 2 atom stereocenters. The smallest absolute Gasteiger partial charge is 0.264 e. The second-order valence-electron chi connectivity index (χ2n) is 4.96. The van der Waals surface area contributed by atoms with Gasteiger partial charge in [-0.25, -0.2) is 12.8 Å². The maximum absolute atomic E-state index is 13.4. The van der Waals surface area contributed by atoms with Gasteiger partial charge in [0.1, 0.15) is 10.7 Å². The molecule has 0 spiro atoms. The van der Waals surface area contributed by atoms with Crippen molar-refractivity contribution >= 4 is 25.6 Å². The molecule has 1 heterocycles. The van der Waals surface area contributed by atoms with Gasteiger partial charge in [0.25, 0.3) is 15.0 Å². The number of carbonyl (C=O) groups is 1. The first kappa shape index (κ1) is 16.2. The van der Waals surface area contributed by atoms with Crippen molar-refractivity contribution in [3.63, 3.8) is 0 Å². The van der Waals surface area contributed by atoms with Crippen LogP contribution in [0.2, 0.25) is 0 Å². The molecule has 1 aromatic rings. The molecule has 1 aliphatic heterocycles. The van der Waals surface area contributed by atoms with E-state index >= 15 is 0 Å². The molecule has 0 aliphatic carbocycles. The maximum atomic E-state index is 13.4. The van der Waals surface area contributed by atoms with Crippen molar-refractivity contribution in [3.8, 4) is 0 Å². The molecule has 21 heavy (non-hydrogen) atoms. The van der Waals surface area contributed by atoms with Crippen LogP contribution in [-0.4, -0.2) is 33.1 Å². The molecule has 0 saturated carbocycles. The third kappa shape index (κ3) is 4.15. The van der Waals surface area contributed by atoms with Crippen LogP contribution in [0.5, 0.6) is 0 Å². The fourth-order valence-corrected chi connectivity index (χ4v) is 3.15. The zero-order valence-corrected chi connectivity index (χ0v) is 12.9. The Morgan fingerprint density at radius 3 is 2.81 bits per heavy atom. The quantitative estimate of drug-likeness (QED) is 0.858. The summed E-state index contributed by atoms with van der Waals surface area (Å²) in [5.41, 5.74) is 0.0507. The average Bonchev–Trinajstić information content (AvgIpc) is 2.37. The summed E-state index contributed by atoms with van der Waals surface area (Å²) in [7, 11) is 0.901. The Hall–Kier alpha value is -1.18. The normalized spacial score (nSPS) is 22.8. The Morgan fingerprint density at radius 2 is 2.19 bits per heavy atom. The first-order valence-corrected chi connectivity index (χ1v) is 8.75. The molecule has 1 aromatic carbocycles. The second-order valence-corrected chi connectivity index (χ2v) is 7.49. The van der Waals surface area contributed by atoms with Gasteiger partial charge in [0.15, 0.2) is 0 Å². The van der Waals surface area contributed by atoms with Crippen LogP contribution >= 0.6 is 10.7 Å². The van der Waals surface area contributed by atoms with Crippen LogP contribution < -0.4 is 5.32 Å². The molecule has 0 radical (unpaired) electrons. The van der Waals surface area contributed by atoms with Crippen LogP contribution in [0.25, 0.3) is 0 Å². The summed E-state index contributed by atoms with van der Waals surface area (Å²) in [4.78, 5) is 11.4. The number of nitrogens with one attached hydrogen (secondary N) is 1. The summed E-state index contributed by atoms with van der Waals surface area (Å²) >= 11 is 0. The molecule has 2 rings (SSSR count). The van der Waals surface area contributed by atoms with E-state index in [-0.39, 0.29) is 17.7 Å². The van der Waals surface area contributed by atoms with Crippen molar-refractivity contribution in [2.45, 2.75) is 36.8 Å². The van der Waals surface area contributed by atoms with Crippen molar-refractivity contribution in [3.05, 3.63) is 29.6 Å². The van der Waals surface area contributed by atoms with E-state index in [0.717, 1.165) is 12.1 Å². The van der Waals surface area contributed by atoms with E-state index in [2.05, 4.69) is 5.32 Å². The van der Waals surface area contributed by atoms with Crippen molar-refractivity contribution in [1.82, 2.24) is 5.32 Å². The molecule has 1 N–H and O–H groups in total. The Bertz CT molecular complexity index is 650. The van der Waals surface area contributed by atoms with Gasteiger partial charge in [-0.15, -0.1) is 0 Å². The number of amides is 1. The van der Waals surface area contributed by atoms with E-state index in [0.29, 0.717) is 19.4 Å². The summed E-state index contributed by atoms with van der Waals surface area (Å²) in [6, 6.07) is 3.02. The van der Waals surface area contributed by atoms with Gasteiger partial charge in [-0.1, -0.05) is 0 Å². The zero-order chi connectivity index (χ0) is 15.6. The van der Waals surface area contributed by atoms with Crippen LogP contribution in [0.15, 0.2) is 23.1 Å². The first-order chi connectivity index (χ1) is 9.77. The Kier molecular flexibility index (Phi) is 4.85. The van der Waals surface area contributed by atoms with Crippen LogP contribution in [0.4, 0.5) is 4.39 Å². The van der Waals surface area contributed by atoms with E-state index in [1.165, 1.54) is 6.07 Å². The molecule has 1 fully saturated rings. The lowest BCUT2D eigenvalue weighted by molar-refractivity contribution is 0.0136. The first-order valence-electron chi connectivity index (χ1n) is 6.44. The highest BCUT2D eigenvalue weighted by Gasteiger charge is 2.23. The highest BCUT2D eigenvalue weighted by molar-refractivity contribution is 8.13. The van der Waals surface area contributed by atoms with Crippen LogP contribution in [0.1, 0.15) is 30.1 Å². The monoisotopic (exact) mass is 335 g/mol. The van der Waals surface area contributed by atoms with Gasteiger partial charge in [-0.3, -0.25) is 4.79 Å². The van der Waals surface area contributed by atoms with E-state index in [9.17, 15) is 17.6 Å². The highest BCUT2D eigenvalue weighted by Crippen LogP contribution is 2.21. The standard InChI is InChI=1S/C13H15ClFNO4S/c1-8-6-10(4-5-20-8)16-13(17)9-2-3-11(15)12(7-9)21(14,18)19/h2-3,7-8,10H,4-6H2,1H3,(H,16,17). The summed E-state index contributed by atoms with van der Waals surface area (Å²) in [6.45, 7) is 2.46. The summed E-state index contributed by atoms with van der Waals surface area (Å²) in [5.74, 6) is -1.45. The molecule has 0 aromatic heterocycles. The lowest BCUT2D eigenvalue weighted by Crippen LogP contribution is -2.41. The minimum Gasteiger partial charge on any atom is -0.378 e. The number of ether oxygens (including phenoxy) is 1. The topological polar surface area (TPSA) is 72.5 Å². The molecular weight excluding hydrogens is 321 g/mol. The van der Waals surface area contributed by atoms with E-state index in [1.807, 2.05) is 6.92 Å². The average molecular weight is 336 g/mol. The highest BCUT2D eigenvalue weighted by atomic mass is 35.7. The van der Waals surface area contributed by atoms with Gasteiger partial charge >= 0.3 is 0 Å². The van der Waals surface area contributed by atoms with Crippen molar-refractivity contribution in [1.29, 1.82) is 0 Å². The van der Waals surface area contributed by atoms with Crippen molar-refractivity contribution < 1.29 is 22.3 Å². The minimum absolute atomic E-state index is 0.0507. The SMILES string of the molecule is CC1CC(NC(=O)c2ccc(F)c(S(=O)(=O)Cl)c2)CCO1. The number of benzene rings is 1. The number of rotatable bonds is 3. The summed E-state index contributed by atoms with van der Waals surface area (Å²) in [5, 5.41) is 2.78. The Labute approximate surface area is 126 Å². The van der Waals surface area contributed by atoms with Gasteiger partial charge < -0.3 is 10.1 Å². The fourth-order valence-electron chi connectivity index (χ4n) is 2.23. The number of hydrogen-bond donors (Lipinski definition) is 1. The summed E-state index contributed by atoms with van der Waals surface area (Å²) in [6.07, 6.45) is 1.40. The lowest BCUT2D eigenvalue weighted by Gasteiger charge is -2.27. The van der Waals surface area contributed by atoms with Gasteiger partial charge in [0.05, 0.1) is 6.10 Å². The molecule has 1 aliphatic rings. The maximum Gasteiger partial charge on any atom is 0.264 e. The minimum atomic E-state index is -4.23. The number of hydrogen-bond acceptors (Lipinski definition) is 4. The Balaban J connectivity index is 2.16. The van der Waals surface area contributed by atoms with E-state index < -0.39 is 25.7 Å². The van der Waals surface area contributed by atoms with Crippen LogP contribution in [0.3, 0.4) is 0 Å². The third-order valence-corrected chi connectivity index (χ3v) is 4.61. The van der Waals surface area contributed by atoms with Gasteiger partial charge in [0.2, 0.25) is 0 Å². The van der Waals surface area contributed by atoms with Crippen molar-refractivity contribution in [2.75, 3.05) is 6.61 Å². The zero-order valence-electron chi connectivity index (χ0n) is 11.3. The Morgan fingerprint density at radius 1 is 1.48 bits per heavy atom. The fraction of sp³-hybridized carbons (Fsp3) is 0.462. The molecule has 0 bridgehead atoms. The molecule has 5 nitrogen and oxygen atoms in total. The van der Waals surface area contributed by atoms with Gasteiger partial charge in [0, 0.05) is 28.9 Å². The van der Waals surface area contributed by atoms with Gasteiger partial charge in [-0.2, -0.15) is 0 Å². The van der Waals surface area contributed by atoms with E-state index in [4.69, 9.17) is 15.4 Å². The number of halogens is 2. The van der Waals surface area contributed by atoms with Crippen LogP contribution in [0, 0.1) is 5.82 Å². The van der Waals surface area contributed by atoms with Crippen molar-refractivity contribution in [2.24, 2.45) is 0 Å². The summed E-state index contributed by atoms with van der Waals surface area (Å²) < 4.78 is 41.3.